The lowest BCUT2D eigenvalue weighted by Gasteiger charge is -2.38. The second kappa shape index (κ2) is 7.62. The highest BCUT2D eigenvalue weighted by Crippen LogP contribution is 2.42. The average molecular weight is 292 g/mol. The molecule has 0 spiro atoms. The van der Waals surface area contributed by atoms with Gasteiger partial charge in [-0.25, -0.2) is 0 Å². The van der Waals surface area contributed by atoms with Crippen LogP contribution in [0.3, 0.4) is 0 Å². The quantitative estimate of drug-likeness (QED) is 0.835. The van der Waals surface area contributed by atoms with Crippen LogP contribution in [0.4, 0.5) is 0 Å². The first-order valence-corrected chi connectivity index (χ1v) is 9.34. The lowest BCUT2D eigenvalue weighted by atomic mass is 9.67. The van der Waals surface area contributed by atoms with Gasteiger partial charge in [-0.05, 0) is 56.9 Å². The first-order valence-electron chi connectivity index (χ1n) is 9.34. The Morgan fingerprint density at radius 1 is 0.952 bits per heavy atom. The summed E-state index contributed by atoms with van der Waals surface area (Å²) >= 11 is 0. The van der Waals surface area contributed by atoms with Gasteiger partial charge in [0.25, 0.3) is 0 Å². The molecule has 0 aromatic heterocycles. The fraction of sp³-hybridized carbons (Fsp3) is 0.944. The summed E-state index contributed by atoms with van der Waals surface area (Å²) in [7, 11) is 0. The van der Waals surface area contributed by atoms with E-state index in [9.17, 15) is 4.79 Å². The molecule has 4 unspecified atom stereocenters. The molecule has 1 aliphatic heterocycles. The Kier molecular flexibility index (Phi) is 5.56. The third-order valence-corrected chi connectivity index (χ3v) is 6.11. The molecule has 3 aliphatic rings. The van der Waals surface area contributed by atoms with Gasteiger partial charge in [0, 0.05) is 18.5 Å². The van der Waals surface area contributed by atoms with Crippen molar-refractivity contribution >= 4 is 5.91 Å². The van der Waals surface area contributed by atoms with Crippen molar-refractivity contribution < 1.29 is 4.79 Å². The van der Waals surface area contributed by atoms with E-state index in [1.54, 1.807) is 0 Å². The molecule has 3 fully saturated rings. The highest BCUT2D eigenvalue weighted by molar-refractivity contribution is 5.78. The largest absolute Gasteiger partial charge is 0.356 e. The smallest absolute Gasteiger partial charge is 0.223 e. The maximum atomic E-state index is 12.4. The van der Waals surface area contributed by atoms with Gasteiger partial charge < -0.3 is 10.6 Å². The van der Waals surface area contributed by atoms with Crippen LogP contribution in [-0.2, 0) is 4.79 Å². The molecule has 3 nitrogen and oxygen atoms in total. The number of carbonyl (C=O) groups is 1. The Labute approximate surface area is 129 Å². The monoisotopic (exact) mass is 292 g/mol. The van der Waals surface area contributed by atoms with Crippen molar-refractivity contribution in [2.75, 3.05) is 13.1 Å². The van der Waals surface area contributed by atoms with Gasteiger partial charge in [-0.15, -0.1) is 0 Å². The van der Waals surface area contributed by atoms with Gasteiger partial charge in [0.05, 0.1) is 0 Å². The molecule has 3 rings (SSSR count). The van der Waals surface area contributed by atoms with E-state index in [4.69, 9.17) is 0 Å². The molecule has 0 bridgehead atoms. The second-order valence-electron chi connectivity index (χ2n) is 7.54. The maximum absolute atomic E-state index is 12.4. The normalized spacial score (nSPS) is 36.8. The van der Waals surface area contributed by atoms with E-state index in [2.05, 4.69) is 10.6 Å². The van der Waals surface area contributed by atoms with E-state index in [0.29, 0.717) is 17.9 Å². The highest BCUT2D eigenvalue weighted by Gasteiger charge is 2.34. The topological polar surface area (TPSA) is 41.1 Å². The van der Waals surface area contributed by atoms with Crippen LogP contribution in [-0.4, -0.2) is 25.0 Å². The molecule has 1 amide bonds. The molecule has 0 aromatic carbocycles. The zero-order valence-electron chi connectivity index (χ0n) is 13.4. The molecule has 21 heavy (non-hydrogen) atoms. The Bertz CT molecular complexity index is 338. The predicted molar refractivity (Wildman–Crippen MR) is 86.1 cm³/mol. The lowest BCUT2D eigenvalue weighted by Crippen LogP contribution is -2.40. The fourth-order valence-corrected chi connectivity index (χ4v) is 4.80. The van der Waals surface area contributed by atoms with E-state index in [0.717, 1.165) is 44.2 Å². The highest BCUT2D eigenvalue weighted by atomic mass is 16.1. The lowest BCUT2D eigenvalue weighted by molar-refractivity contribution is -0.127. The van der Waals surface area contributed by atoms with E-state index < -0.39 is 0 Å². The van der Waals surface area contributed by atoms with Gasteiger partial charge in [0.15, 0.2) is 0 Å². The summed E-state index contributed by atoms with van der Waals surface area (Å²) in [5.74, 6) is 2.44. The Morgan fingerprint density at radius 3 is 2.57 bits per heavy atom. The van der Waals surface area contributed by atoms with Gasteiger partial charge in [-0.1, -0.05) is 32.1 Å². The van der Waals surface area contributed by atoms with E-state index >= 15 is 0 Å². The summed E-state index contributed by atoms with van der Waals surface area (Å²) in [6.45, 7) is 2.02. The summed E-state index contributed by atoms with van der Waals surface area (Å²) in [5, 5.41) is 6.77. The van der Waals surface area contributed by atoms with Crippen molar-refractivity contribution in [2.24, 2.45) is 17.8 Å². The Hall–Kier alpha value is -0.570. The number of nitrogens with one attached hydrogen (secondary N) is 2. The molecule has 0 radical (unpaired) electrons. The SMILES string of the molecule is O=C(NCCC1CCCCN1)C1CCC2CCCCC2C1. The van der Waals surface area contributed by atoms with Gasteiger partial charge in [0.1, 0.15) is 0 Å². The number of amides is 1. The standard InChI is InChI=1S/C18H32N2O/c21-18(20-12-10-17-7-3-4-11-19-17)16-9-8-14-5-1-2-6-15(14)13-16/h14-17,19H,1-13H2,(H,20,21). The van der Waals surface area contributed by atoms with Gasteiger partial charge >= 0.3 is 0 Å². The summed E-state index contributed by atoms with van der Waals surface area (Å²) < 4.78 is 0. The minimum atomic E-state index is 0.309. The molecule has 1 saturated heterocycles. The van der Waals surface area contributed by atoms with E-state index in [1.807, 2.05) is 0 Å². The summed E-state index contributed by atoms with van der Waals surface area (Å²) in [5.41, 5.74) is 0. The first-order chi connectivity index (χ1) is 10.3. The van der Waals surface area contributed by atoms with Crippen molar-refractivity contribution in [3.8, 4) is 0 Å². The van der Waals surface area contributed by atoms with Crippen LogP contribution in [0.15, 0.2) is 0 Å². The van der Waals surface area contributed by atoms with Gasteiger partial charge in [0.2, 0.25) is 5.91 Å². The first kappa shape index (κ1) is 15.3. The molecule has 2 N–H and O–H groups in total. The van der Waals surface area contributed by atoms with Crippen LogP contribution in [0.25, 0.3) is 0 Å². The van der Waals surface area contributed by atoms with Crippen molar-refractivity contribution in [2.45, 2.75) is 76.7 Å². The van der Waals surface area contributed by atoms with Gasteiger partial charge in [-0.3, -0.25) is 4.79 Å². The van der Waals surface area contributed by atoms with Crippen LogP contribution in [0.5, 0.6) is 0 Å². The Balaban J connectivity index is 1.37. The molecule has 2 saturated carbocycles. The second-order valence-corrected chi connectivity index (χ2v) is 7.54. The minimum absolute atomic E-state index is 0.309. The summed E-state index contributed by atoms with van der Waals surface area (Å²) in [6, 6.07) is 0.633. The van der Waals surface area contributed by atoms with Gasteiger partial charge in [-0.2, -0.15) is 0 Å². The zero-order chi connectivity index (χ0) is 14.5. The van der Waals surface area contributed by atoms with Crippen molar-refractivity contribution in [3.05, 3.63) is 0 Å². The molecule has 3 heteroatoms. The predicted octanol–water partition coefficient (Wildman–Crippen LogP) is 3.24. The molecule has 1 heterocycles. The third-order valence-electron chi connectivity index (χ3n) is 6.11. The molecular formula is C18H32N2O. The number of carbonyl (C=O) groups excluding carboxylic acids is 1. The van der Waals surface area contributed by atoms with Crippen LogP contribution >= 0.6 is 0 Å². The zero-order valence-corrected chi connectivity index (χ0v) is 13.4. The minimum Gasteiger partial charge on any atom is -0.356 e. The molecule has 2 aliphatic carbocycles. The van der Waals surface area contributed by atoms with Crippen LogP contribution < -0.4 is 10.6 Å². The fourth-order valence-electron chi connectivity index (χ4n) is 4.80. The van der Waals surface area contributed by atoms with Crippen LogP contribution in [0, 0.1) is 17.8 Å². The molecule has 4 atom stereocenters. The van der Waals surface area contributed by atoms with E-state index in [1.165, 1.54) is 51.4 Å². The number of hydrogen-bond donors (Lipinski definition) is 2. The molecule has 120 valence electrons. The van der Waals surface area contributed by atoms with Crippen molar-refractivity contribution in [1.29, 1.82) is 0 Å². The number of hydrogen-bond acceptors (Lipinski definition) is 2. The van der Waals surface area contributed by atoms with Crippen molar-refractivity contribution in [3.63, 3.8) is 0 Å². The third kappa shape index (κ3) is 4.21. The van der Waals surface area contributed by atoms with E-state index in [-0.39, 0.29) is 0 Å². The Morgan fingerprint density at radius 2 is 1.76 bits per heavy atom. The number of rotatable bonds is 4. The average Bonchev–Trinajstić information content (AvgIpc) is 2.55. The number of piperidine rings is 1. The number of fused-ring (bicyclic) bond motifs is 1. The summed E-state index contributed by atoms with van der Waals surface area (Å²) in [6.07, 6.45) is 14.3. The van der Waals surface area contributed by atoms with Crippen molar-refractivity contribution in [1.82, 2.24) is 10.6 Å². The van der Waals surface area contributed by atoms with Crippen LogP contribution in [0.2, 0.25) is 0 Å². The summed E-state index contributed by atoms with van der Waals surface area (Å²) in [4.78, 5) is 12.4. The molecule has 0 aromatic rings. The molecular weight excluding hydrogens is 260 g/mol. The maximum Gasteiger partial charge on any atom is 0.223 e. The van der Waals surface area contributed by atoms with Crippen LogP contribution in [0.1, 0.15) is 70.6 Å².